The van der Waals surface area contributed by atoms with E-state index in [2.05, 4.69) is 0 Å². The zero-order valence-electron chi connectivity index (χ0n) is 5.39. The largest absolute Gasteiger partial charge is 0.504 e. The molecule has 0 aliphatic heterocycles. The molecule has 0 heterocycles. The molecule has 0 saturated heterocycles. The van der Waals surface area contributed by atoms with Crippen LogP contribution in [0, 0.1) is 0 Å². The fourth-order valence-electron chi connectivity index (χ4n) is 0.220. The minimum Gasteiger partial charge on any atom is -0.147 e. The molecular formula is C4H10O2PZn+. The molecule has 0 aromatic heterocycles. The second kappa shape index (κ2) is 7.68. The van der Waals surface area contributed by atoms with Gasteiger partial charge in [-0.3, -0.25) is 0 Å². The van der Waals surface area contributed by atoms with Crippen LogP contribution in [0.2, 0.25) is 0 Å². The van der Waals surface area contributed by atoms with Gasteiger partial charge in [-0.05, 0) is 11.0 Å². The van der Waals surface area contributed by atoms with Gasteiger partial charge < -0.3 is 0 Å². The van der Waals surface area contributed by atoms with Crippen molar-refractivity contribution < 1.29 is 28.6 Å². The molecule has 0 radical (unpaired) electrons. The summed E-state index contributed by atoms with van der Waals surface area (Å²) in [6.45, 7) is 4.16. The first-order valence-electron chi connectivity index (χ1n) is 2.31. The summed E-state index contributed by atoms with van der Waals surface area (Å²) in [4.78, 5) is 0. The maximum atomic E-state index is 10.1. The van der Waals surface area contributed by atoms with E-state index in [0.29, 0.717) is 6.61 Å². The third-order valence-corrected chi connectivity index (χ3v) is 1.02. The summed E-state index contributed by atoms with van der Waals surface area (Å²) >= 11 is 0. The van der Waals surface area contributed by atoms with Gasteiger partial charge in [-0.2, -0.15) is 0 Å². The monoisotopic (exact) mass is 185 g/mol. The molecule has 0 rings (SSSR count). The van der Waals surface area contributed by atoms with Gasteiger partial charge in [0.2, 0.25) is 0 Å². The fourth-order valence-corrected chi connectivity index (χ4v) is 0.660. The molecule has 0 amide bonds. The summed E-state index contributed by atoms with van der Waals surface area (Å²) in [5.74, 6) is 0. The van der Waals surface area contributed by atoms with Crippen LogP contribution in [0.4, 0.5) is 0 Å². The Morgan fingerprint density at radius 2 is 2.12 bits per heavy atom. The topological polar surface area (TPSA) is 26.3 Å². The van der Waals surface area contributed by atoms with Gasteiger partial charge >= 0.3 is 8.03 Å². The molecule has 0 fully saturated rings. The summed E-state index contributed by atoms with van der Waals surface area (Å²) in [7, 11) is -1.36. The van der Waals surface area contributed by atoms with Crippen molar-refractivity contribution >= 4 is 8.03 Å². The van der Waals surface area contributed by atoms with Crippen molar-refractivity contribution in [1.82, 2.24) is 0 Å². The van der Waals surface area contributed by atoms with Crippen molar-refractivity contribution in [2.24, 2.45) is 0 Å². The molecular weight excluding hydrogens is 176 g/mol. The van der Waals surface area contributed by atoms with Crippen molar-refractivity contribution in [3.63, 3.8) is 0 Å². The Kier molecular flexibility index (Phi) is 11.0. The molecule has 0 saturated carbocycles. The first-order valence-corrected chi connectivity index (χ1v) is 3.93. The molecule has 4 heteroatoms. The number of hydrogen-bond donors (Lipinski definition) is 0. The summed E-state index contributed by atoms with van der Waals surface area (Å²) in [5.41, 5.74) is 0. The van der Waals surface area contributed by atoms with Crippen LogP contribution < -0.4 is 0 Å². The summed E-state index contributed by atoms with van der Waals surface area (Å²) in [5, 5.41) is 0. The Morgan fingerprint density at radius 3 is 2.25 bits per heavy atom. The van der Waals surface area contributed by atoms with Crippen LogP contribution in [0.1, 0.15) is 13.3 Å². The van der Waals surface area contributed by atoms with E-state index < -0.39 is 8.03 Å². The van der Waals surface area contributed by atoms with Gasteiger partial charge in [0.05, 0.1) is 0 Å². The van der Waals surface area contributed by atoms with Gasteiger partial charge in [0.1, 0.15) is 6.61 Å². The molecule has 8 heavy (non-hydrogen) atoms. The molecule has 0 spiro atoms. The van der Waals surface area contributed by atoms with Crippen LogP contribution in [0.3, 0.4) is 0 Å². The van der Waals surface area contributed by atoms with Crippen molar-refractivity contribution in [3.8, 4) is 0 Å². The van der Waals surface area contributed by atoms with Crippen LogP contribution in [-0.2, 0) is 28.6 Å². The van der Waals surface area contributed by atoms with E-state index in [-0.39, 0.29) is 19.5 Å². The average molecular weight is 186 g/mol. The normalized spacial score (nSPS) is 10.0. The molecule has 1 unspecified atom stereocenters. The van der Waals surface area contributed by atoms with E-state index in [4.69, 9.17) is 4.52 Å². The van der Waals surface area contributed by atoms with Crippen LogP contribution in [0.5, 0.6) is 0 Å². The third kappa shape index (κ3) is 9.84. The van der Waals surface area contributed by atoms with Crippen molar-refractivity contribution in [3.05, 3.63) is 0 Å². The Morgan fingerprint density at radius 1 is 1.62 bits per heavy atom. The predicted molar refractivity (Wildman–Crippen MR) is 29.8 cm³/mol. The average Bonchev–Trinajstić information content (AvgIpc) is 1.61. The maximum absolute atomic E-state index is 10.1. The van der Waals surface area contributed by atoms with Gasteiger partial charge in [-0.25, -0.2) is 0 Å². The zero-order valence-corrected chi connectivity index (χ0v) is 9.25. The van der Waals surface area contributed by atoms with Crippen molar-refractivity contribution in [2.45, 2.75) is 13.3 Å². The molecule has 0 N–H and O–H groups in total. The standard InChI is InChI=1S/C4H10O2P.Zn/c1-3-4-6-7(2)5;/h3-4H2,1-2H3;/q+1;. The van der Waals surface area contributed by atoms with Gasteiger partial charge in [0.15, 0.2) is 6.66 Å². The van der Waals surface area contributed by atoms with E-state index in [1.807, 2.05) is 6.92 Å². The van der Waals surface area contributed by atoms with Gasteiger partial charge in [0, 0.05) is 19.5 Å². The van der Waals surface area contributed by atoms with E-state index in [9.17, 15) is 4.57 Å². The first-order chi connectivity index (χ1) is 3.27. The van der Waals surface area contributed by atoms with Crippen LogP contribution >= 0.6 is 8.03 Å². The Balaban J connectivity index is 0. The van der Waals surface area contributed by atoms with Crippen LogP contribution in [-0.4, -0.2) is 13.3 Å². The second-order valence-electron chi connectivity index (χ2n) is 1.27. The molecule has 0 bridgehead atoms. The molecule has 0 aromatic rings. The van der Waals surface area contributed by atoms with E-state index in [0.717, 1.165) is 6.42 Å². The van der Waals surface area contributed by atoms with Crippen molar-refractivity contribution in [1.29, 1.82) is 0 Å². The van der Waals surface area contributed by atoms with E-state index in [1.54, 1.807) is 6.66 Å². The first kappa shape index (κ1) is 11.5. The quantitative estimate of drug-likeness (QED) is 0.496. The van der Waals surface area contributed by atoms with Crippen LogP contribution in [0.25, 0.3) is 0 Å². The fraction of sp³-hybridized carbons (Fsp3) is 1.00. The molecule has 0 aromatic carbocycles. The van der Waals surface area contributed by atoms with Crippen molar-refractivity contribution in [2.75, 3.05) is 13.3 Å². The maximum Gasteiger partial charge on any atom is 0.504 e. The third-order valence-electron chi connectivity index (χ3n) is 0.477. The zero-order chi connectivity index (χ0) is 5.70. The molecule has 0 aliphatic carbocycles. The summed E-state index contributed by atoms with van der Waals surface area (Å²) < 4.78 is 14.8. The molecule has 1 atom stereocenters. The summed E-state index contributed by atoms with van der Waals surface area (Å²) in [6, 6.07) is 0. The number of rotatable bonds is 3. The van der Waals surface area contributed by atoms with Gasteiger partial charge in [0.25, 0.3) is 0 Å². The summed E-state index contributed by atoms with van der Waals surface area (Å²) in [6.07, 6.45) is 0.939. The minimum atomic E-state index is -1.36. The van der Waals surface area contributed by atoms with Crippen LogP contribution in [0.15, 0.2) is 0 Å². The van der Waals surface area contributed by atoms with Gasteiger partial charge in [-0.15, -0.1) is 4.52 Å². The molecule has 2 nitrogen and oxygen atoms in total. The Hall–Kier alpha value is 0.683. The second-order valence-corrected chi connectivity index (χ2v) is 2.41. The number of hydrogen-bond acceptors (Lipinski definition) is 2. The minimum absolute atomic E-state index is 0. The van der Waals surface area contributed by atoms with Gasteiger partial charge in [-0.1, -0.05) is 6.92 Å². The van der Waals surface area contributed by atoms with E-state index in [1.165, 1.54) is 0 Å². The smallest absolute Gasteiger partial charge is 0.147 e. The molecule has 44 valence electrons. The van der Waals surface area contributed by atoms with E-state index >= 15 is 0 Å². The Bertz CT molecular complexity index is 67.1. The Labute approximate surface area is 63.6 Å². The molecule has 0 aliphatic rings. The SMILES string of the molecule is CCCO[P+](C)=O.[Zn]. The predicted octanol–water partition coefficient (Wildman–Crippen LogP) is 1.78.